The zero-order chi connectivity index (χ0) is 33.9. The van der Waals surface area contributed by atoms with Crippen molar-refractivity contribution in [3.05, 3.63) is 29.6 Å². The highest BCUT2D eigenvalue weighted by molar-refractivity contribution is 5.96. The maximum Gasteiger partial charge on any atom is 0.243 e. The molecule has 1 aromatic heterocycles. The third-order valence-electron chi connectivity index (χ3n) is 7.44. The van der Waals surface area contributed by atoms with E-state index in [1.807, 2.05) is 6.07 Å². The molecular formula is C30H45N9O6. The van der Waals surface area contributed by atoms with E-state index in [-0.39, 0.29) is 37.3 Å². The van der Waals surface area contributed by atoms with Crippen LogP contribution in [-0.2, 0) is 35.2 Å². The van der Waals surface area contributed by atoms with E-state index in [2.05, 4.69) is 26.3 Å². The van der Waals surface area contributed by atoms with Crippen molar-refractivity contribution in [2.75, 3.05) is 0 Å². The van der Waals surface area contributed by atoms with Gasteiger partial charge in [0.25, 0.3) is 0 Å². The first kappa shape index (κ1) is 36.6. The molecule has 0 saturated heterocycles. The Kier molecular flexibility index (Phi) is 13.4. The summed E-state index contributed by atoms with van der Waals surface area (Å²) in [5.74, 6) is -3.99. The molecule has 1 aliphatic rings. The fraction of sp³-hybridized carbons (Fsp3) is 0.600. The Balaban J connectivity index is 2.25. The molecule has 2 rings (SSSR count). The van der Waals surface area contributed by atoms with Crippen molar-refractivity contribution in [1.29, 1.82) is 5.26 Å². The normalized spacial score (nSPS) is 16.1. The van der Waals surface area contributed by atoms with Gasteiger partial charge in [0, 0.05) is 19.0 Å². The van der Waals surface area contributed by atoms with Gasteiger partial charge in [0.05, 0.1) is 6.04 Å². The van der Waals surface area contributed by atoms with Crippen LogP contribution in [0.15, 0.2) is 18.3 Å². The second-order valence-corrected chi connectivity index (χ2v) is 12.5. The number of primary amides is 2. The average Bonchev–Trinajstić information content (AvgIpc) is 3.79. The quantitative estimate of drug-likeness (QED) is 0.109. The number of nitrogens with zero attached hydrogens (tertiary/aromatic N) is 2. The van der Waals surface area contributed by atoms with Crippen molar-refractivity contribution in [1.82, 2.24) is 26.3 Å². The lowest BCUT2D eigenvalue weighted by molar-refractivity contribution is -0.136. The molecule has 15 nitrogen and oxygen atoms in total. The maximum atomic E-state index is 13.6. The van der Waals surface area contributed by atoms with Gasteiger partial charge in [-0.2, -0.15) is 5.26 Å². The van der Waals surface area contributed by atoms with Crippen molar-refractivity contribution in [3.63, 3.8) is 0 Å². The standard InChI is InChI=1S/C30H45N9O6/c1-5-19(32)26(42)39-24(30(2,3)4)29(45)38-22(13-16-6-7-16)28(44)36-20(8-9-23(33)40)27(43)37-21(25(34)41)14-17-10-11-35-18(12-17)15-31/h10-12,16,19-22,24H,5-9,13-14,32H2,1-4H3,(H2,33,40)(H2,34,41)(H,36,44)(H,37,43)(H,38,45)(H,39,42)/t19-,20-,21-,22-,24+/m0/s1. The third-order valence-corrected chi connectivity index (χ3v) is 7.44. The zero-order valence-corrected chi connectivity index (χ0v) is 26.2. The molecule has 0 aromatic carbocycles. The Morgan fingerprint density at radius 1 is 0.956 bits per heavy atom. The van der Waals surface area contributed by atoms with Crippen LogP contribution in [-0.4, -0.2) is 70.6 Å². The van der Waals surface area contributed by atoms with Crippen LogP contribution in [0, 0.1) is 22.7 Å². The van der Waals surface area contributed by atoms with Crippen LogP contribution in [0.1, 0.15) is 77.5 Å². The Bertz CT molecular complexity index is 1300. The number of nitriles is 1. The van der Waals surface area contributed by atoms with E-state index < -0.39 is 71.1 Å². The maximum absolute atomic E-state index is 13.6. The minimum Gasteiger partial charge on any atom is -0.370 e. The molecule has 0 bridgehead atoms. The Labute approximate surface area is 262 Å². The van der Waals surface area contributed by atoms with Crippen LogP contribution in [0.3, 0.4) is 0 Å². The molecule has 0 unspecified atom stereocenters. The highest BCUT2D eigenvalue weighted by Gasteiger charge is 2.38. The third kappa shape index (κ3) is 12.1. The molecule has 1 heterocycles. The number of nitrogens with one attached hydrogen (secondary N) is 4. The molecule has 6 amide bonds. The van der Waals surface area contributed by atoms with Gasteiger partial charge in [0.15, 0.2) is 0 Å². The summed E-state index contributed by atoms with van der Waals surface area (Å²) in [6, 6.07) is -0.521. The first-order chi connectivity index (χ1) is 21.0. The van der Waals surface area contributed by atoms with Gasteiger partial charge in [-0.3, -0.25) is 28.8 Å². The van der Waals surface area contributed by atoms with Crippen LogP contribution in [0.2, 0.25) is 0 Å². The summed E-state index contributed by atoms with van der Waals surface area (Å²) in [5, 5.41) is 19.6. The molecule has 1 fully saturated rings. The molecule has 0 radical (unpaired) electrons. The first-order valence-electron chi connectivity index (χ1n) is 14.9. The SMILES string of the molecule is CC[C@H](N)C(=O)N[C@H](C(=O)N[C@@H](CC1CC1)C(=O)N[C@@H](CCC(N)=O)C(=O)N[C@@H](Cc1ccnc(C#N)c1)C(N)=O)C(C)(C)C. The van der Waals surface area contributed by atoms with Crippen LogP contribution in [0.4, 0.5) is 0 Å². The fourth-order valence-electron chi connectivity index (χ4n) is 4.50. The number of hydrogen-bond acceptors (Lipinski definition) is 9. The lowest BCUT2D eigenvalue weighted by Gasteiger charge is -2.32. The number of aromatic nitrogens is 1. The van der Waals surface area contributed by atoms with Crippen molar-refractivity contribution < 1.29 is 28.8 Å². The zero-order valence-electron chi connectivity index (χ0n) is 26.2. The van der Waals surface area contributed by atoms with Gasteiger partial charge in [-0.1, -0.05) is 40.5 Å². The van der Waals surface area contributed by atoms with Crippen LogP contribution >= 0.6 is 0 Å². The number of carbonyl (C=O) groups is 6. The average molecular weight is 628 g/mol. The van der Waals surface area contributed by atoms with E-state index in [1.54, 1.807) is 33.8 Å². The lowest BCUT2D eigenvalue weighted by atomic mass is 9.85. The Morgan fingerprint density at radius 2 is 1.56 bits per heavy atom. The van der Waals surface area contributed by atoms with Crippen LogP contribution < -0.4 is 38.5 Å². The summed E-state index contributed by atoms with van der Waals surface area (Å²) in [4.78, 5) is 80.6. The molecular weight excluding hydrogens is 582 g/mol. The van der Waals surface area contributed by atoms with Crippen molar-refractivity contribution in [2.45, 2.75) is 103 Å². The van der Waals surface area contributed by atoms with Gasteiger partial charge in [-0.25, -0.2) is 4.98 Å². The lowest BCUT2D eigenvalue weighted by Crippen LogP contribution is -2.61. The van der Waals surface area contributed by atoms with Crippen molar-refractivity contribution in [3.8, 4) is 6.07 Å². The van der Waals surface area contributed by atoms with Gasteiger partial charge < -0.3 is 38.5 Å². The molecule has 1 aliphatic carbocycles. The highest BCUT2D eigenvalue weighted by atomic mass is 16.2. The molecule has 246 valence electrons. The number of nitrogens with two attached hydrogens (primary N) is 3. The molecule has 45 heavy (non-hydrogen) atoms. The Hall–Kier alpha value is -4.58. The summed E-state index contributed by atoms with van der Waals surface area (Å²) in [6.07, 6.45) is 3.25. The number of amides is 6. The highest BCUT2D eigenvalue weighted by Crippen LogP contribution is 2.33. The van der Waals surface area contributed by atoms with Gasteiger partial charge >= 0.3 is 0 Å². The fourth-order valence-corrected chi connectivity index (χ4v) is 4.50. The first-order valence-corrected chi connectivity index (χ1v) is 14.9. The van der Waals surface area contributed by atoms with Gasteiger partial charge in [-0.05, 0) is 48.3 Å². The van der Waals surface area contributed by atoms with E-state index in [0.29, 0.717) is 12.0 Å². The molecule has 15 heteroatoms. The van der Waals surface area contributed by atoms with Gasteiger partial charge in [-0.15, -0.1) is 0 Å². The smallest absolute Gasteiger partial charge is 0.243 e. The number of carbonyl (C=O) groups excluding carboxylic acids is 6. The summed E-state index contributed by atoms with van der Waals surface area (Å²) in [7, 11) is 0. The van der Waals surface area contributed by atoms with E-state index >= 15 is 0 Å². The number of pyridine rings is 1. The van der Waals surface area contributed by atoms with Crippen LogP contribution in [0.25, 0.3) is 0 Å². The summed E-state index contributed by atoms with van der Waals surface area (Å²) < 4.78 is 0. The van der Waals surface area contributed by atoms with Crippen molar-refractivity contribution >= 4 is 35.4 Å². The minimum atomic E-state index is -1.31. The van der Waals surface area contributed by atoms with E-state index in [0.717, 1.165) is 12.8 Å². The molecule has 1 aromatic rings. The molecule has 1 saturated carbocycles. The summed E-state index contributed by atoms with van der Waals surface area (Å²) in [6.45, 7) is 7.03. The predicted octanol–water partition coefficient (Wildman–Crippen LogP) is -1.23. The largest absolute Gasteiger partial charge is 0.370 e. The van der Waals surface area contributed by atoms with E-state index in [9.17, 15) is 28.8 Å². The minimum absolute atomic E-state index is 0.0588. The van der Waals surface area contributed by atoms with Crippen molar-refractivity contribution in [2.24, 2.45) is 28.5 Å². The number of hydrogen-bond donors (Lipinski definition) is 7. The van der Waals surface area contributed by atoms with E-state index in [4.69, 9.17) is 22.5 Å². The molecule has 0 spiro atoms. The van der Waals surface area contributed by atoms with Crippen LogP contribution in [0.5, 0.6) is 0 Å². The second-order valence-electron chi connectivity index (χ2n) is 12.5. The summed E-state index contributed by atoms with van der Waals surface area (Å²) >= 11 is 0. The predicted molar refractivity (Wildman–Crippen MR) is 163 cm³/mol. The Morgan fingerprint density at radius 3 is 2.09 bits per heavy atom. The molecule has 0 aliphatic heterocycles. The summed E-state index contributed by atoms with van der Waals surface area (Å²) in [5.41, 5.74) is 16.6. The van der Waals surface area contributed by atoms with Gasteiger partial charge in [0.1, 0.15) is 35.9 Å². The number of rotatable bonds is 17. The molecule has 10 N–H and O–H groups in total. The second kappa shape index (κ2) is 16.5. The van der Waals surface area contributed by atoms with Gasteiger partial charge in [0.2, 0.25) is 35.4 Å². The molecule has 5 atom stereocenters. The van der Waals surface area contributed by atoms with E-state index in [1.165, 1.54) is 12.3 Å². The monoisotopic (exact) mass is 627 g/mol. The topological polar surface area (TPSA) is 265 Å².